The van der Waals surface area contributed by atoms with Crippen LogP contribution in [-0.2, 0) is 0 Å². The summed E-state index contributed by atoms with van der Waals surface area (Å²) in [6.07, 6.45) is 0. The molecule has 3 rings (SSSR count). The molecule has 1 unspecified atom stereocenters. The molecule has 1 aliphatic carbocycles. The Balaban J connectivity index is 1.75. The van der Waals surface area contributed by atoms with E-state index in [0.29, 0.717) is 11.5 Å². The Morgan fingerprint density at radius 3 is 2.29 bits per heavy atom. The van der Waals surface area contributed by atoms with Crippen molar-refractivity contribution in [2.45, 2.75) is 25.8 Å². The van der Waals surface area contributed by atoms with Gasteiger partial charge in [0, 0.05) is 22.5 Å². The van der Waals surface area contributed by atoms with Gasteiger partial charge < -0.3 is 5.32 Å². The fourth-order valence-electron chi connectivity index (χ4n) is 3.01. The van der Waals surface area contributed by atoms with Gasteiger partial charge in [0.25, 0.3) is 5.91 Å². The van der Waals surface area contributed by atoms with Crippen LogP contribution in [0.5, 0.6) is 0 Å². The predicted octanol–water partition coefficient (Wildman–Crippen LogP) is 4.26. The maximum atomic E-state index is 12.3. The van der Waals surface area contributed by atoms with Gasteiger partial charge in [0.2, 0.25) is 0 Å². The van der Waals surface area contributed by atoms with E-state index in [4.69, 9.17) is 11.6 Å². The summed E-state index contributed by atoms with van der Waals surface area (Å²) >= 11 is 5.94. The van der Waals surface area contributed by atoms with Gasteiger partial charge in [0.05, 0.1) is 0 Å². The van der Waals surface area contributed by atoms with Crippen molar-refractivity contribution in [2.75, 3.05) is 0 Å². The number of carbonyl (C=O) groups excluding carboxylic acids is 1. The fraction of sp³-hybridized carbons (Fsp3) is 0.278. The van der Waals surface area contributed by atoms with Crippen LogP contribution in [0.25, 0.3) is 0 Å². The number of carbonyl (C=O) groups is 1. The number of nitrogens with one attached hydrogen (secondary N) is 1. The molecule has 0 spiro atoms. The minimum absolute atomic E-state index is 0.00913. The molecule has 3 heteroatoms. The Hall–Kier alpha value is -1.80. The van der Waals surface area contributed by atoms with Crippen molar-refractivity contribution in [3.8, 4) is 0 Å². The van der Waals surface area contributed by atoms with E-state index in [9.17, 15) is 4.79 Å². The Morgan fingerprint density at radius 2 is 1.67 bits per heavy atom. The van der Waals surface area contributed by atoms with Crippen LogP contribution in [0.15, 0.2) is 54.6 Å². The lowest BCUT2D eigenvalue weighted by molar-refractivity contribution is 0.0946. The third-order valence-corrected chi connectivity index (χ3v) is 4.63. The largest absolute Gasteiger partial charge is 0.348 e. The Bertz CT molecular complexity index is 649. The van der Waals surface area contributed by atoms with E-state index in [1.54, 1.807) is 0 Å². The standard InChI is InChI=1S/C18H18ClNO/c1-18(2)15(12-8-10-14(19)11-9-12)16(18)20-17(21)13-6-4-3-5-7-13/h3-11,15-16H,1-2H3,(H,20,21)/t15-,16?/m0/s1. The van der Waals surface area contributed by atoms with Gasteiger partial charge in [-0.25, -0.2) is 0 Å². The molecule has 0 heterocycles. The molecule has 2 atom stereocenters. The number of hydrogen-bond donors (Lipinski definition) is 1. The topological polar surface area (TPSA) is 29.1 Å². The van der Waals surface area contributed by atoms with E-state index in [1.165, 1.54) is 5.56 Å². The Kier molecular flexibility index (Phi) is 3.50. The summed E-state index contributed by atoms with van der Waals surface area (Å²) in [5.41, 5.74) is 2.00. The molecule has 0 radical (unpaired) electrons. The average Bonchev–Trinajstić information content (AvgIpc) is 3.02. The van der Waals surface area contributed by atoms with Crippen LogP contribution in [0.4, 0.5) is 0 Å². The molecule has 0 saturated heterocycles. The second kappa shape index (κ2) is 5.19. The van der Waals surface area contributed by atoms with Crippen molar-refractivity contribution < 1.29 is 4.79 Å². The highest BCUT2D eigenvalue weighted by molar-refractivity contribution is 6.30. The lowest BCUT2D eigenvalue weighted by Crippen LogP contribution is -2.28. The number of halogens is 1. The van der Waals surface area contributed by atoms with Crippen molar-refractivity contribution in [2.24, 2.45) is 5.41 Å². The number of hydrogen-bond acceptors (Lipinski definition) is 1. The van der Waals surface area contributed by atoms with Crippen molar-refractivity contribution in [3.63, 3.8) is 0 Å². The third kappa shape index (κ3) is 2.68. The van der Waals surface area contributed by atoms with Crippen molar-refractivity contribution >= 4 is 17.5 Å². The summed E-state index contributed by atoms with van der Waals surface area (Å²) in [4.78, 5) is 12.3. The summed E-state index contributed by atoms with van der Waals surface area (Å²) in [6, 6.07) is 17.4. The highest BCUT2D eigenvalue weighted by atomic mass is 35.5. The summed E-state index contributed by atoms with van der Waals surface area (Å²) in [6.45, 7) is 4.37. The van der Waals surface area contributed by atoms with E-state index in [1.807, 2.05) is 54.6 Å². The molecule has 2 nitrogen and oxygen atoms in total. The molecule has 1 aliphatic rings. The smallest absolute Gasteiger partial charge is 0.251 e. The minimum atomic E-state index is -0.00913. The molecule has 2 aromatic rings. The van der Waals surface area contributed by atoms with E-state index in [-0.39, 0.29) is 17.4 Å². The van der Waals surface area contributed by atoms with Crippen LogP contribution in [0, 0.1) is 5.41 Å². The van der Waals surface area contributed by atoms with Crippen LogP contribution in [0.3, 0.4) is 0 Å². The van der Waals surface area contributed by atoms with E-state index in [2.05, 4.69) is 19.2 Å². The average molecular weight is 300 g/mol. The van der Waals surface area contributed by atoms with Crippen molar-refractivity contribution in [3.05, 3.63) is 70.7 Å². The molecular formula is C18H18ClNO. The van der Waals surface area contributed by atoms with Crippen molar-refractivity contribution in [1.82, 2.24) is 5.32 Å². The molecule has 1 amide bonds. The zero-order chi connectivity index (χ0) is 15.0. The van der Waals surface area contributed by atoms with Crippen LogP contribution >= 0.6 is 11.6 Å². The van der Waals surface area contributed by atoms with Gasteiger partial charge in [-0.05, 0) is 35.2 Å². The first-order valence-electron chi connectivity index (χ1n) is 7.11. The highest BCUT2D eigenvalue weighted by Gasteiger charge is 2.59. The van der Waals surface area contributed by atoms with Gasteiger partial charge in [0.15, 0.2) is 0 Å². The van der Waals surface area contributed by atoms with Crippen LogP contribution < -0.4 is 5.32 Å². The first-order valence-corrected chi connectivity index (χ1v) is 7.49. The molecule has 0 aliphatic heterocycles. The van der Waals surface area contributed by atoms with Crippen molar-refractivity contribution in [1.29, 1.82) is 0 Å². The van der Waals surface area contributed by atoms with Gasteiger partial charge in [-0.2, -0.15) is 0 Å². The molecule has 1 saturated carbocycles. The molecule has 1 N–H and O–H groups in total. The zero-order valence-electron chi connectivity index (χ0n) is 12.1. The predicted molar refractivity (Wildman–Crippen MR) is 85.7 cm³/mol. The SMILES string of the molecule is CC1(C)C(NC(=O)c2ccccc2)[C@@H]1c1ccc(Cl)cc1. The van der Waals surface area contributed by atoms with Crippen LogP contribution in [-0.4, -0.2) is 11.9 Å². The summed E-state index contributed by atoms with van der Waals surface area (Å²) < 4.78 is 0. The Labute approximate surface area is 130 Å². The minimum Gasteiger partial charge on any atom is -0.348 e. The van der Waals surface area contributed by atoms with E-state index >= 15 is 0 Å². The van der Waals surface area contributed by atoms with Crippen LogP contribution in [0.1, 0.15) is 35.7 Å². The second-order valence-corrected chi connectivity index (χ2v) is 6.60. The molecule has 1 fully saturated rings. The number of benzene rings is 2. The fourth-order valence-corrected chi connectivity index (χ4v) is 3.14. The highest BCUT2D eigenvalue weighted by Crippen LogP contribution is 2.58. The lowest BCUT2D eigenvalue weighted by Gasteiger charge is -2.06. The third-order valence-electron chi connectivity index (χ3n) is 4.38. The molecule has 108 valence electrons. The monoisotopic (exact) mass is 299 g/mol. The first-order chi connectivity index (χ1) is 10.00. The molecular weight excluding hydrogens is 282 g/mol. The number of amides is 1. The van der Waals surface area contributed by atoms with Gasteiger partial charge in [-0.1, -0.05) is 55.8 Å². The maximum Gasteiger partial charge on any atom is 0.251 e. The molecule has 0 aromatic heterocycles. The number of rotatable bonds is 3. The first kappa shape index (κ1) is 14.2. The molecule has 0 bridgehead atoms. The van der Waals surface area contributed by atoms with Gasteiger partial charge in [0.1, 0.15) is 0 Å². The Morgan fingerprint density at radius 1 is 1.05 bits per heavy atom. The van der Waals surface area contributed by atoms with Gasteiger partial charge in [-0.15, -0.1) is 0 Å². The van der Waals surface area contributed by atoms with E-state index < -0.39 is 0 Å². The normalized spacial score (nSPS) is 22.6. The molecule has 2 aromatic carbocycles. The summed E-state index contributed by atoms with van der Waals surface area (Å²) in [7, 11) is 0. The van der Waals surface area contributed by atoms with Crippen LogP contribution in [0.2, 0.25) is 5.02 Å². The van der Waals surface area contributed by atoms with Gasteiger partial charge >= 0.3 is 0 Å². The molecule has 21 heavy (non-hydrogen) atoms. The zero-order valence-corrected chi connectivity index (χ0v) is 12.9. The quantitative estimate of drug-likeness (QED) is 0.901. The maximum absolute atomic E-state index is 12.3. The summed E-state index contributed by atoms with van der Waals surface area (Å²) in [5.74, 6) is 0.326. The van der Waals surface area contributed by atoms with E-state index in [0.717, 1.165) is 5.02 Å². The second-order valence-electron chi connectivity index (χ2n) is 6.17. The van der Waals surface area contributed by atoms with Gasteiger partial charge in [-0.3, -0.25) is 4.79 Å². The lowest BCUT2D eigenvalue weighted by atomic mass is 10.0. The summed E-state index contributed by atoms with van der Waals surface area (Å²) in [5, 5.41) is 3.89.